The number of cyclic esters (lactones) is 1. The Morgan fingerprint density at radius 2 is 1.73 bits per heavy atom. The van der Waals surface area contributed by atoms with Crippen molar-refractivity contribution in [2.24, 2.45) is 11.8 Å². The van der Waals surface area contributed by atoms with E-state index in [0.29, 0.717) is 13.0 Å². The first-order chi connectivity index (χ1) is 20.0. The molecule has 4 aliphatic heterocycles. The van der Waals surface area contributed by atoms with Crippen molar-refractivity contribution >= 4 is 46.0 Å². The summed E-state index contributed by atoms with van der Waals surface area (Å²) in [5.41, 5.74) is 1.70. The SMILES string of the molecule is O=C1OCC=C[C@@H]2S[C@]34C=CCN(c5ccc6ccccc6c5)C(=O)C3N([C@@H](CO)Cc3ccccc3)C(=O)[C@@H]4[C@H]12. The van der Waals surface area contributed by atoms with E-state index in [9.17, 15) is 19.5 Å². The number of carbonyl (C=O) groups is 3. The lowest BCUT2D eigenvalue weighted by Crippen LogP contribution is -2.57. The third-order valence-corrected chi connectivity index (χ3v) is 10.6. The van der Waals surface area contributed by atoms with Gasteiger partial charge in [-0.25, -0.2) is 0 Å². The fourth-order valence-electron chi connectivity index (χ4n) is 7.02. The molecule has 0 aromatic heterocycles. The third-order valence-electron chi connectivity index (χ3n) is 8.81. The van der Waals surface area contributed by atoms with Gasteiger partial charge in [-0.3, -0.25) is 14.4 Å². The second-order valence-electron chi connectivity index (χ2n) is 11.1. The molecule has 0 bridgehead atoms. The molecule has 2 saturated heterocycles. The minimum Gasteiger partial charge on any atom is -0.461 e. The van der Waals surface area contributed by atoms with E-state index in [1.165, 1.54) is 11.8 Å². The normalized spacial score (nSPS) is 29.5. The highest BCUT2D eigenvalue weighted by atomic mass is 32.2. The zero-order chi connectivity index (χ0) is 28.1. The van der Waals surface area contributed by atoms with Gasteiger partial charge in [0.1, 0.15) is 12.6 Å². The molecular weight excluding hydrogens is 536 g/mol. The maximum Gasteiger partial charge on any atom is 0.311 e. The first-order valence-electron chi connectivity index (χ1n) is 14.0. The Labute approximate surface area is 242 Å². The summed E-state index contributed by atoms with van der Waals surface area (Å²) >= 11 is 1.51. The molecule has 3 aromatic rings. The summed E-state index contributed by atoms with van der Waals surface area (Å²) in [5.74, 6) is -2.40. The maximum atomic E-state index is 14.7. The van der Waals surface area contributed by atoms with E-state index >= 15 is 0 Å². The number of hydrogen-bond donors (Lipinski definition) is 1. The monoisotopic (exact) mass is 566 g/mol. The molecule has 2 amide bonds. The van der Waals surface area contributed by atoms with Gasteiger partial charge >= 0.3 is 5.97 Å². The maximum absolute atomic E-state index is 14.7. The van der Waals surface area contributed by atoms with Crippen molar-refractivity contribution in [1.82, 2.24) is 4.90 Å². The Morgan fingerprint density at radius 3 is 2.54 bits per heavy atom. The fourth-order valence-corrected chi connectivity index (χ4v) is 9.00. The molecule has 1 spiro atoms. The predicted molar refractivity (Wildman–Crippen MR) is 158 cm³/mol. The molecule has 7 rings (SSSR count). The highest BCUT2D eigenvalue weighted by molar-refractivity contribution is 8.02. The smallest absolute Gasteiger partial charge is 0.311 e. The number of likely N-dealkylation sites (tertiary alicyclic amines) is 1. The second-order valence-corrected chi connectivity index (χ2v) is 12.5. The summed E-state index contributed by atoms with van der Waals surface area (Å²) in [7, 11) is 0. The Bertz CT molecular complexity index is 1590. The number of fused-ring (bicyclic) bond motifs is 3. The van der Waals surface area contributed by atoms with E-state index in [1.54, 1.807) is 9.80 Å². The summed E-state index contributed by atoms with van der Waals surface area (Å²) in [6.07, 6.45) is 8.09. The van der Waals surface area contributed by atoms with Gasteiger partial charge in [-0.05, 0) is 34.9 Å². The van der Waals surface area contributed by atoms with Gasteiger partial charge in [-0.1, -0.05) is 85.0 Å². The van der Waals surface area contributed by atoms with Crippen LogP contribution in [-0.4, -0.2) is 69.6 Å². The van der Waals surface area contributed by atoms with Crippen LogP contribution in [0.25, 0.3) is 10.8 Å². The number of nitrogens with zero attached hydrogens (tertiary/aromatic N) is 2. The van der Waals surface area contributed by atoms with Gasteiger partial charge < -0.3 is 19.6 Å². The van der Waals surface area contributed by atoms with Crippen molar-refractivity contribution in [3.63, 3.8) is 0 Å². The van der Waals surface area contributed by atoms with Crippen LogP contribution >= 0.6 is 11.8 Å². The molecular formula is C33H30N2O5S. The van der Waals surface area contributed by atoms with Crippen LogP contribution in [0.5, 0.6) is 0 Å². The minimum absolute atomic E-state index is 0.172. The Balaban J connectivity index is 1.35. The highest BCUT2D eigenvalue weighted by Gasteiger charge is 2.71. The molecule has 2 fully saturated rings. The van der Waals surface area contributed by atoms with Crippen LogP contribution in [0.2, 0.25) is 0 Å². The largest absolute Gasteiger partial charge is 0.461 e. The van der Waals surface area contributed by atoms with E-state index in [1.807, 2.05) is 97.1 Å². The number of amides is 2. The summed E-state index contributed by atoms with van der Waals surface area (Å²) < 4.78 is 4.51. The number of esters is 1. The topological polar surface area (TPSA) is 87.2 Å². The molecule has 6 atom stereocenters. The zero-order valence-electron chi connectivity index (χ0n) is 22.3. The molecule has 0 radical (unpaired) electrons. The van der Waals surface area contributed by atoms with E-state index in [-0.39, 0.29) is 30.3 Å². The second kappa shape index (κ2) is 10.2. The van der Waals surface area contributed by atoms with Crippen LogP contribution in [0.15, 0.2) is 97.1 Å². The average molecular weight is 567 g/mol. The number of hydrogen-bond acceptors (Lipinski definition) is 6. The number of thioether (sulfide) groups is 1. The van der Waals surface area contributed by atoms with E-state index in [0.717, 1.165) is 22.0 Å². The van der Waals surface area contributed by atoms with Crippen molar-refractivity contribution in [3.8, 4) is 0 Å². The fraction of sp³-hybridized carbons (Fsp3) is 0.303. The summed E-state index contributed by atoms with van der Waals surface area (Å²) in [5, 5.41) is 12.5. The minimum atomic E-state index is -0.972. The zero-order valence-corrected chi connectivity index (χ0v) is 23.2. The first kappa shape index (κ1) is 26.0. The number of aliphatic hydroxyl groups is 1. The van der Waals surface area contributed by atoms with Gasteiger partial charge in [0.05, 0.1) is 29.2 Å². The summed E-state index contributed by atoms with van der Waals surface area (Å²) in [6, 6.07) is 22.0. The van der Waals surface area contributed by atoms with Gasteiger partial charge in [0.25, 0.3) is 5.91 Å². The molecule has 1 unspecified atom stereocenters. The standard InChI is InChI=1S/C33H30N2O5S/c36-20-25(18-21-8-2-1-3-9-21)35-29-31(38)34(24-14-13-22-10-4-5-11-23(22)19-24)16-7-15-33(29)28(30(35)37)27-26(41-33)12-6-17-40-32(27)39/h1-15,19,25-29,36H,16-18,20H2/t25-,26+,27-,28+,29?,33+/m1/s1. The number of carbonyl (C=O) groups excluding carboxylic acids is 3. The molecule has 4 heterocycles. The van der Waals surface area contributed by atoms with E-state index in [2.05, 4.69) is 0 Å². The van der Waals surface area contributed by atoms with Crippen molar-refractivity contribution in [3.05, 3.63) is 103 Å². The number of anilines is 1. The molecule has 208 valence electrons. The average Bonchev–Trinajstić information content (AvgIpc) is 3.30. The molecule has 1 N–H and O–H groups in total. The van der Waals surface area contributed by atoms with Gasteiger partial charge in [0.2, 0.25) is 5.91 Å². The van der Waals surface area contributed by atoms with Crippen molar-refractivity contribution in [2.45, 2.75) is 28.5 Å². The lowest BCUT2D eigenvalue weighted by Gasteiger charge is -2.38. The van der Waals surface area contributed by atoms with Gasteiger partial charge in [-0.2, -0.15) is 0 Å². The Morgan fingerprint density at radius 1 is 0.951 bits per heavy atom. The van der Waals surface area contributed by atoms with Crippen LogP contribution < -0.4 is 4.90 Å². The number of rotatable bonds is 5. The molecule has 41 heavy (non-hydrogen) atoms. The number of ether oxygens (including phenoxy) is 1. The van der Waals surface area contributed by atoms with Crippen LogP contribution in [0.4, 0.5) is 5.69 Å². The van der Waals surface area contributed by atoms with Crippen LogP contribution in [0.1, 0.15) is 5.56 Å². The van der Waals surface area contributed by atoms with Crippen LogP contribution in [-0.2, 0) is 25.5 Å². The molecule has 3 aromatic carbocycles. The molecule has 7 nitrogen and oxygen atoms in total. The van der Waals surface area contributed by atoms with E-state index < -0.39 is 34.6 Å². The van der Waals surface area contributed by atoms with Crippen molar-refractivity contribution in [1.29, 1.82) is 0 Å². The van der Waals surface area contributed by atoms with Crippen LogP contribution in [0.3, 0.4) is 0 Å². The van der Waals surface area contributed by atoms with E-state index in [4.69, 9.17) is 4.74 Å². The summed E-state index contributed by atoms with van der Waals surface area (Å²) in [6.45, 7) is 0.198. The lowest BCUT2D eigenvalue weighted by molar-refractivity contribution is -0.152. The van der Waals surface area contributed by atoms with Gasteiger partial charge in [-0.15, -0.1) is 11.8 Å². The highest BCUT2D eigenvalue weighted by Crippen LogP contribution is 2.61. The van der Waals surface area contributed by atoms with Crippen molar-refractivity contribution < 1.29 is 24.2 Å². The molecule has 0 aliphatic carbocycles. The number of benzene rings is 3. The Kier molecular flexibility index (Phi) is 6.47. The first-order valence-corrected chi connectivity index (χ1v) is 14.9. The third kappa shape index (κ3) is 4.11. The van der Waals surface area contributed by atoms with Gasteiger partial charge in [0, 0.05) is 17.5 Å². The van der Waals surface area contributed by atoms with Crippen molar-refractivity contribution in [2.75, 3.05) is 24.7 Å². The molecule has 4 aliphatic rings. The predicted octanol–water partition coefficient (Wildman–Crippen LogP) is 3.76. The Hall–Kier alpha value is -3.88. The van der Waals surface area contributed by atoms with Crippen LogP contribution in [0, 0.1) is 11.8 Å². The lowest BCUT2D eigenvalue weighted by atomic mass is 9.78. The quantitative estimate of drug-likeness (QED) is 0.374. The molecule has 0 saturated carbocycles. The molecule has 8 heteroatoms. The summed E-state index contributed by atoms with van der Waals surface area (Å²) in [4.78, 5) is 45.8. The number of aliphatic hydroxyl groups excluding tert-OH is 1. The van der Waals surface area contributed by atoms with Gasteiger partial charge in [0.15, 0.2) is 0 Å².